The molecule has 0 aliphatic carbocycles. The van der Waals surface area contributed by atoms with Gasteiger partial charge in [-0.1, -0.05) is 0 Å². The molecule has 1 aliphatic heterocycles. The maximum absolute atomic E-state index is 13.1. The lowest BCUT2D eigenvalue weighted by molar-refractivity contribution is 0.608. The Labute approximate surface area is 82.7 Å². The lowest BCUT2D eigenvalue weighted by atomic mass is 10.2. The lowest BCUT2D eigenvalue weighted by Gasteiger charge is -2.11. The van der Waals surface area contributed by atoms with Crippen molar-refractivity contribution < 1.29 is 4.39 Å². The minimum absolute atomic E-state index is 0.287. The van der Waals surface area contributed by atoms with E-state index in [2.05, 4.69) is 15.6 Å². The molecule has 0 saturated carbocycles. The number of hydrogen-bond donors (Lipinski definition) is 2. The maximum Gasteiger partial charge on any atom is 0.165 e. The van der Waals surface area contributed by atoms with E-state index in [0.29, 0.717) is 11.9 Å². The van der Waals surface area contributed by atoms with Crippen LogP contribution in [0.15, 0.2) is 18.3 Å². The molecule has 14 heavy (non-hydrogen) atoms. The van der Waals surface area contributed by atoms with Crippen molar-refractivity contribution in [3.63, 3.8) is 0 Å². The van der Waals surface area contributed by atoms with Crippen LogP contribution in [-0.4, -0.2) is 24.1 Å². The first-order valence-electron chi connectivity index (χ1n) is 4.94. The predicted molar refractivity (Wildman–Crippen MR) is 53.7 cm³/mol. The molecule has 2 N–H and O–H groups in total. The first kappa shape index (κ1) is 9.40. The third-order valence-corrected chi connectivity index (χ3v) is 2.44. The SMILES string of the molecule is Fc1cccnc1NCC1CCCN1. The summed E-state index contributed by atoms with van der Waals surface area (Å²) in [7, 11) is 0. The first-order chi connectivity index (χ1) is 6.86. The fourth-order valence-corrected chi connectivity index (χ4v) is 1.67. The smallest absolute Gasteiger partial charge is 0.165 e. The molecular formula is C10H14FN3. The number of nitrogens with zero attached hydrogens (tertiary/aromatic N) is 1. The number of nitrogens with one attached hydrogen (secondary N) is 2. The Bertz CT molecular complexity index is 297. The molecule has 1 unspecified atom stereocenters. The molecule has 0 bridgehead atoms. The second kappa shape index (κ2) is 4.37. The van der Waals surface area contributed by atoms with Gasteiger partial charge in [0.2, 0.25) is 0 Å². The molecular weight excluding hydrogens is 181 g/mol. The fourth-order valence-electron chi connectivity index (χ4n) is 1.67. The largest absolute Gasteiger partial charge is 0.366 e. The number of pyridine rings is 1. The van der Waals surface area contributed by atoms with Crippen LogP contribution in [0.25, 0.3) is 0 Å². The molecule has 0 amide bonds. The van der Waals surface area contributed by atoms with E-state index in [1.807, 2.05) is 0 Å². The fraction of sp³-hybridized carbons (Fsp3) is 0.500. The molecule has 1 fully saturated rings. The minimum atomic E-state index is -0.287. The van der Waals surface area contributed by atoms with Crippen molar-refractivity contribution in [2.45, 2.75) is 18.9 Å². The predicted octanol–water partition coefficient (Wildman–Crippen LogP) is 1.38. The van der Waals surface area contributed by atoms with Crippen LogP contribution in [0, 0.1) is 5.82 Å². The monoisotopic (exact) mass is 195 g/mol. The van der Waals surface area contributed by atoms with Gasteiger partial charge in [-0.05, 0) is 31.5 Å². The molecule has 1 aliphatic rings. The zero-order valence-corrected chi connectivity index (χ0v) is 7.96. The Morgan fingerprint density at radius 2 is 2.57 bits per heavy atom. The van der Waals surface area contributed by atoms with Crippen molar-refractivity contribution in [2.75, 3.05) is 18.4 Å². The van der Waals surface area contributed by atoms with E-state index < -0.39 is 0 Å². The van der Waals surface area contributed by atoms with Gasteiger partial charge in [-0.25, -0.2) is 9.37 Å². The van der Waals surface area contributed by atoms with Gasteiger partial charge in [-0.3, -0.25) is 0 Å². The van der Waals surface area contributed by atoms with Crippen molar-refractivity contribution in [1.82, 2.24) is 10.3 Å². The molecule has 0 aromatic carbocycles. The summed E-state index contributed by atoms with van der Waals surface area (Å²) in [5.41, 5.74) is 0. The summed E-state index contributed by atoms with van der Waals surface area (Å²) in [5.74, 6) is 0.0618. The van der Waals surface area contributed by atoms with Crippen molar-refractivity contribution in [2.24, 2.45) is 0 Å². The summed E-state index contributed by atoms with van der Waals surface area (Å²) < 4.78 is 13.1. The topological polar surface area (TPSA) is 37.0 Å². The molecule has 3 nitrogen and oxygen atoms in total. The van der Waals surface area contributed by atoms with Crippen LogP contribution in [0.2, 0.25) is 0 Å². The van der Waals surface area contributed by atoms with Gasteiger partial charge in [0.25, 0.3) is 0 Å². The normalized spacial score (nSPS) is 21.1. The van der Waals surface area contributed by atoms with Crippen LogP contribution < -0.4 is 10.6 Å². The number of aromatic nitrogens is 1. The van der Waals surface area contributed by atoms with E-state index in [0.717, 1.165) is 19.5 Å². The number of hydrogen-bond acceptors (Lipinski definition) is 3. The Hall–Kier alpha value is -1.16. The van der Waals surface area contributed by atoms with Crippen molar-refractivity contribution in [1.29, 1.82) is 0 Å². The van der Waals surface area contributed by atoms with Gasteiger partial charge < -0.3 is 10.6 Å². The molecule has 1 saturated heterocycles. The molecule has 1 atom stereocenters. The third kappa shape index (κ3) is 2.20. The molecule has 76 valence electrons. The Morgan fingerprint density at radius 1 is 1.64 bits per heavy atom. The van der Waals surface area contributed by atoms with Crippen molar-refractivity contribution in [3.8, 4) is 0 Å². The minimum Gasteiger partial charge on any atom is -0.366 e. The summed E-state index contributed by atoms with van der Waals surface area (Å²) in [6.07, 6.45) is 3.95. The Kier molecular flexibility index (Phi) is 2.93. The highest BCUT2D eigenvalue weighted by molar-refractivity contribution is 5.35. The third-order valence-electron chi connectivity index (χ3n) is 2.44. The van der Waals surface area contributed by atoms with E-state index in [4.69, 9.17) is 0 Å². The summed E-state index contributed by atoms with van der Waals surface area (Å²) in [6, 6.07) is 3.46. The van der Waals surface area contributed by atoms with Crippen molar-refractivity contribution in [3.05, 3.63) is 24.1 Å². The molecule has 2 rings (SSSR count). The van der Waals surface area contributed by atoms with Gasteiger partial charge in [-0.15, -0.1) is 0 Å². The maximum atomic E-state index is 13.1. The molecule has 0 spiro atoms. The van der Waals surface area contributed by atoms with Crippen LogP contribution in [0.1, 0.15) is 12.8 Å². The Balaban J connectivity index is 1.88. The second-order valence-electron chi connectivity index (χ2n) is 3.51. The zero-order chi connectivity index (χ0) is 9.80. The quantitative estimate of drug-likeness (QED) is 0.765. The van der Waals surface area contributed by atoms with Gasteiger partial charge >= 0.3 is 0 Å². The average molecular weight is 195 g/mol. The van der Waals surface area contributed by atoms with Crippen LogP contribution in [0.5, 0.6) is 0 Å². The highest BCUT2D eigenvalue weighted by Crippen LogP contribution is 2.10. The van der Waals surface area contributed by atoms with Crippen LogP contribution >= 0.6 is 0 Å². The van der Waals surface area contributed by atoms with E-state index in [9.17, 15) is 4.39 Å². The van der Waals surface area contributed by atoms with E-state index >= 15 is 0 Å². The molecule has 0 radical (unpaired) electrons. The lowest BCUT2D eigenvalue weighted by Crippen LogP contribution is -2.29. The van der Waals surface area contributed by atoms with Crippen LogP contribution in [-0.2, 0) is 0 Å². The van der Waals surface area contributed by atoms with Gasteiger partial charge in [0, 0.05) is 18.8 Å². The van der Waals surface area contributed by atoms with Crippen molar-refractivity contribution >= 4 is 5.82 Å². The molecule has 1 aromatic heterocycles. The first-order valence-corrected chi connectivity index (χ1v) is 4.94. The highest BCUT2D eigenvalue weighted by Gasteiger charge is 2.13. The van der Waals surface area contributed by atoms with Gasteiger partial charge in [0.15, 0.2) is 11.6 Å². The van der Waals surface area contributed by atoms with Gasteiger partial charge in [0.05, 0.1) is 0 Å². The zero-order valence-electron chi connectivity index (χ0n) is 7.96. The summed E-state index contributed by atoms with van der Waals surface area (Å²) >= 11 is 0. The number of anilines is 1. The van der Waals surface area contributed by atoms with Crippen LogP contribution in [0.3, 0.4) is 0 Å². The summed E-state index contributed by atoms with van der Waals surface area (Å²) in [4.78, 5) is 3.93. The number of rotatable bonds is 3. The van der Waals surface area contributed by atoms with E-state index in [-0.39, 0.29) is 5.82 Å². The summed E-state index contributed by atoms with van der Waals surface area (Å²) in [5, 5.41) is 6.34. The van der Waals surface area contributed by atoms with Crippen LogP contribution in [0.4, 0.5) is 10.2 Å². The van der Waals surface area contributed by atoms with E-state index in [1.165, 1.54) is 12.5 Å². The molecule has 2 heterocycles. The molecule has 1 aromatic rings. The number of halogens is 1. The molecule has 4 heteroatoms. The highest BCUT2D eigenvalue weighted by atomic mass is 19.1. The summed E-state index contributed by atoms with van der Waals surface area (Å²) in [6.45, 7) is 1.81. The van der Waals surface area contributed by atoms with E-state index in [1.54, 1.807) is 12.3 Å². The average Bonchev–Trinajstić information content (AvgIpc) is 2.69. The Morgan fingerprint density at radius 3 is 3.29 bits per heavy atom. The van der Waals surface area contributed by atoms with Gasteiger partial charge in [0.1, 0.15) is 0 Å². The van der Waals surface area contributed by atoms with Gasteiger partial charge in [-0.2, -0.15) is 0 Å². The standard InChI is InChI=1S/C10H14FN3/c11-9-4-2-6-13-10(9)14-7-8-3-1-5-12-8/h2,4,6,8,12H,1,3,5,7H2,(H,13,14). The second-order valence-corrected chi connectivity index (χ2v) is 3.51.